The molecule has 11 heteroatoms. The summed E-state index contributed by atoms with van der Waals surface area (Å²) >= 11 is 1.35. The first kappa shape index (κ1) is 21.2. The van der Waals surface area contributed by atoms with E-state index in [-0.39, 0.29) is 10.5 Å². The third-order valence-electron chi connectivity index (χ3n) is 4.31. The number of aromatic nitrogens is 3. The van der Waals surface area contributed by atoms with Gasteiger partial charge in [-0.25, -0.2) is 22.9 Å². The van der Waals surface area contributed by atoms with Crippen LogP contribution in [-0.2, 0) is 14.8 Å². The maximum Gasteiger partial charge on any atom is 0.339 e. The molecule has 29 heavy (non-hydrogen) atoms. The van der Waals surface area contributed by atoms with Gasteiger partial charge in [0, 0.05) is 37.0 Å². The summed E-state index contributed by atoms with van der Waals surface area (Å²) in [7, 11) is -2.54. The SMILES string of the molecule is COC(=O)c1ccccc1S(=O)(=O)NCCCCCCNc1nsc2nccn12. The fourth-order valence-corrected chi connectivity index (χ4v) is 4.76. The highest BCUT2D eigenvalue weighted by molar-refractivity contribution is 7.89. The summed E-state index contributed by atoms with van der Waals surface area (Å²) in [6.07, 6.45) is 7.12. The summed E-state index contributed by atoms with van der Waals surface area (Å²) in [5.41, 5.74) is 0.0302. The highest BCUT2D eigenvalue weighted by atomic mass is 32.2. The van der Waals surface area contributed by atoms with Gasteiger partial charge in [-0.1, -0.05) is 25.0 Å². The molecule has 2 heterocycles. The number of nitrogens with one attached hydrogen (secondary N) is 2. The zero-order valence-corrected chi connectivity index (χ0v) is 17.6. The zero-order valence-electron chi connectivity index (χ0n) is 16.0. The number of hydrogen-bond donors (Lipinski definition) is 2. The molecule has 0 bridgehead atoms. The molecule has 3 rings (SSSR count). The predicted molar refractivity (Wildman–Crippen MR) is 111 cm³/mol. The van der Waals surface area contributed by atoms with Crippen LogP contribution in [0.5, 0.6) is 0 Å². The van der Waals surface area contributed by atoms with Gasteiger partial charge in [0.1, 0.15) is 0 Å². The van der Waals surface area contributed by atoms with Crippen molar-refractivity contribution in [2.75, 3.05) is 25.5 Å². The Labute approximate surface area is 173 Å². The Morgan fingerprint density at radius 3 is 2.72 bits per heavy atom. The molecule has 0 unspecified atom stereocenters. The highest BCUT2D eigenvalue weighted by Crippen LogP contribution is 2.17. The first-order valence-corrected chi connectivity index (χ1v) is 11.5. The van der Waals surface area contributed by atoms with Gasteiger partial charge in [-0.05, 0) is 25.0 Å². The van der Waals surface area contributed by atoms with Gasteiger partial charge in [-0.15, -0.1) is 0 Å². The van der Waals surface area contributed by atoms with E-state index >= 15 is 0 Å². The number of benzene rings is 1. The second-order valence-corrected chi connectivity index (χ2v) is 8.78. The number of carbonyl (C=O) groups is 1. The third-order valence-corrected chi connectivity index (χ3v) is 6.56. The van der Waals surface area contributed by atoms with Crippen molar-refractivity contribution in [1.29, 1.82) is 0 Å². The van der Waals surface area contributed by atoms with Crippen molar-refractivity contribution in [2.24, 2.45) is 0 Å². The number of unbranched alkanes of at least 4 members (excludes halogenated alkanes) is 3. The average Bonchev–Trinajstić information content (AvgIpc) is 3.34. The van der Waals surface area contributed by atoms with Gasteiger partial charge in [0.15, 0.2) is 0 Å². The molecule has 0 spiro atoms. The van der Waals surface area contributed by atoms with Crippen molar-refractivity contribution in [3.05, 3.63) is 42.2 Å². The fraction of sp³-hybridized carbons (Fsp3) is 0.389. The number of carbonyl (C=O) groups excluding carboxylic acids is 1. The van der Waals surface area contributed by atoms with E-state index in [1.807, 2.05) is 10.6 Å². The summed E-state index contributed by atoms with van der Waals surface area (Å²) in [6.45, 7) is 1.10. The van der Waals surface area contributed by atoms with Crippen molar-refractivity contribution in [3.8, 4) is 0 Å². The minimum atomic E-state index is -3.77. The topological polar surface area (TPSA) is 115 Å². The molecule has 0 aliphatic carbocycles. The van der Waals surface area contributed by atoms with E-state index in [1.54, 1.807) is 18.3 Å². The van der Waals surface area contributed by atoms with E-state index in [0.717, 1.165) is 36.7 Å². The van der Waals surface area contributed by atoms with Gasteiger partial charge in [-0.2, -0.15) is 4.37 Å². The van der Waals surface area contributed by atoms with Crippen molar-refractivity contribution in [3.63, 3.8) is 0 Å². The Morgan fingerprint density at radius 1 is 1.17 bits per heavy atom. The number of fused-ring (bicyclic) bond motifs is 1. The lowest BCUT2D eigenvalue weighted by Gasteiger charge is -2.10. The quantitative estimate of drug-likeness (QED) is 0.350. The van der Waals surface area contributed by atoms with Crippen molar-refractivity contribution in [1.82, 2.24) is 18.5 Å². The van der Waals surface area contributed by atoms with E-state index in [1.165, 1.54) is 30.8 Å². The van der Waals surface area contributed by atoms with E-state index in [2.05, 4.69) is 24.1 Å². The van der Waals surface area contributed by atoms with Gasteiger partial charge in [0.05, 0.1) is 17.6 Å². The molecule has 0 atom stereocenters. The number of esters is 1. The smallest absolute Gasteiger partial charge is 0.339 e. The van der Waals surface area contributed by atoms with Crippen LogP contribution in [0.15, 0.2) is 41.6 Å². The van der Waals surface area contributed by atoms with Crippen molar-refractivity contribution >= 4 is 38.4 Å². The molecule has 0 amide bonds. The van der Waals surface area contributed by atoms with Gasteiger partial charge in [0.2, 0.25) is 20.9 Å². The molecule has 0 saturated heterocycles. The predicted octanol–water partition coefficient (Wildman–Crippen LogP) is 2.53. The summed E-state index contributed by atoms with van der Waals surface area (Å²) in [6, 6.07) is 6.01. The van der Waals surface area contributed by atoms with Crippen molar-refractivity contribution < 1.29 is 17.9 Å². The molecular weight excluding hydrogens is 414 g/mol. The summed E-state index contributed by atoms with van der Waals surface area (Å²) in [5.74, 6) is 0.117. The van der Waals surface area contributed by atoms with Crippen LogP contribution in [-0.4, -0.2) is 48.3 Å². The minimum absolute atomic E-state index is 0.0302. The number of hydrogen-bond acceptors (Lipinski definition) is 8. The van der Waals surface area contributed by atoms with Crippen LogP contribution in [0, 0.1) is 0 Å². The lowest BCUT2D eigenvalue weighted by atomic mass is 10.2. The minimum Gasteiger partial charge on any atom is -0.465 e. The Balaban J connectivity index is 1.37. The summed E-state index contributed by atoms with van der Waals surface area (Å²) in [5, 5.41) is 3.28. The molecular formula is C18H23N5O4S2. The average molecular weight is 438 g/mol. The van der Waals surface area contributed by atoms with Crippen LogP contribution in [0.2, 0.25) is 0 Å². The molecule has 0 fully saturated rings. The molecule has 0 aliphatic heterocycles. The van der Waals surface area contributed by atoms with Crippen LogP contribution in [0.3, 0.4) is 0 Å². The normalized spacial score (nSPS) is 11.6. The molecule has 2 aromatic heterocycles. The van der Waals surface area contributed by atoms with Crippen molar-refractivity contribution in [2.45, 2.75) is 30.6 Å². The van der Waals surface area contributed by atoms with Gasteiger partial charge >= 0.3 is 5.97 Å². The molecule has 9 nitrogen and oxygen atoms in total. The first-order valence-electron chi connectivity index (χ1n) is 9.22. The standard InChI is InChI=1S/C18H23N5O4S2/c1-27-16(24)14-8-4-5-9-15(14)29(25,26)21-11-7-3-2-6-10-19-17-22-28-18-20-12-13-23(17)18/h4-5,8-9,12-13,21H,2-3,6-7,10-11H2,1H3,(H,19,22). The molecule has 0 radical (unpaired) electrons. The number of nitrogens with zero attached hydrogens (tertiary/aromatic N) is 3. The molecule has 0 aliphatic rings. The zero-order chi connectivity index (χ0) is 20.7. The number of anilines is 1. The largest absolute Gasteiger partial charge is 0.465 e. The maximum absolute atomic E-state index is 12.5. The first-order chi connectivity index (χ1) is 14.0. The van der Waals surface area contributed by atoms with E-state index < -0.39 is 16.0 Å². The van der Waals surface area contributed by atoms with E-state index in [0.29, 0.717) is 13.0 Å². The molecule has 1 aromatic carbocycles. The van der Waals surface area contributed by atoms with Crippen LogP contribution >= 0.6 is 11.5 Å². The molecule has 156 valence electrons. The lowest BCUT2D eigenvalue weighted by Crippen LogP contribution is -2.26. The molecule has 3 aromatic rings. The van der Waals surface area contributed by atoms with Crippen LogP contribution < -0.4 is 10.0 Å². The monoisotopic (exact) mass is 437 g/mol. The number of ether oxygens (including phenoxy) is 1. The van der Waals surface area contributed by atoms with Gasteiger partial charge in [0.25, 0.3) is 0 Å². The number of rotatable bonds is 11. The third kappa shape index (κ3) is 5.31. The van der Waals surface area contributed by atoms with E-state index in [9.17, 15) is 13.2 Å². The highest BCUT2D eigenvalue weighted by Gasteiger charge is 2.21. The van der Waals surface area contributed by atoms with Crippen LogP contribution in [0.25, 0.3) is 4.96 Å². The molecule has 2 N–H and O–H groups in total. The second-order valence-electron chi connectivity index (χ2n) is 6.31. The van der Waals surface area contributed by atoms with Gasteiger partial charge < -0.3 is 10.1 Å². The molecule has 0 saturated carbocycles. The maximum atomic E-state index is 12.5. The second kappa shape index (κ2) is 9.81. The lowest BCUT2D eigenvalue weighted by molar-refractivity contribution is 0.0596. The Kier molecular flexibility index (Phi) is 7.18. The Hall–Kier alpha value is -2.50. The number of sulfonamides is 1. The number of methoxy groups -OCH3 is 1. The summed E-state index contributed by atoms with van der Waals surface area (Å²) in [4.78, 5) is 16.7. The number of imidazole rings is 1. The van der Waals surface area contributed by atoms with Crippen LogP contribution in [0.4, 0.5) is 5.95 Å². The van der Waals surface area contributed by atoms with Gasteiger partial charge in [-0.3, -0.25) is 4.40 Å². The van der Waals surface area contributed by atoms with Crippen LogP contribution in [0.1, 0.15) is 36.0 Å². The Bertz CT molecular complexity index is 1060. The van der Waals surface area contributed by atoms with E-state index in [4.69, 9.17) is 0 Å². The Morgan fingerprint density at radius 2 is 1.93 bits per heavy atom. The summed E-state index contributed by atoms with van der Waals surface area (Å²) < 4.78 is 38.4. The fourth-order valence-electron chi connectivity index (χ4n) is 2.83.